The Balaban J connectivity index is 1.08. The molecule has 0 amide bonds. The molecule has 2 aromatic heterocycles. The summed E-state index contributed by atoms with van der Waals surface area (Å²) in [7, 11) is 0. The zero-order chi connectivity index (χ0) is 24.8. The Morgan fingerprint density at radius 1 is 1.11 bits per heavy atom. The first-order valence-corrected chi connectivity index (χ1v) is 11.5. The van der Waals surface area contributed by atoms with Crippen molar-refractivity contribution in [2.45, 2.75) is 30.8 Å². The third-order valence-corrected chi connectivity index (χ3v) is 6.66. The molecule has 1 aliphatic carbocycles. The average molecular weight is 489 g/mol. The van der Waals surface area contributed by atoms with Gasteiger partial charge in [-0.15, -0.1) is 0 Å². The SMILES string of the molecule is Nc1nc2c(ncn2[C@H]2C[C@H](O)[C@@H](COC(=O)OCC3c4ccccc4-c4ccccc43)O2)c(=O)[nH]1. The zero-order valence-corrected chi connectivity index (χ0v) is 19.0. The number of ether oxygens (including phenoxy) is 3. The van der Waals surface area contributed by atoms with Gasteiger partial charge in [0.15, 0.2) is 11.2 Å². The predicted molar refractivity (Wildman–Crippen MR) is 128 cm³/mol. The van der Waals surface area contributed by atoms with E-state index in [1.807, 2.05) is 36.4 Å². The van der Waals surface area contributed by atoms with Crippen molar-refractivity contribution < 1.29 is 24.1 Å². The number of benzene rings is 2. The smallest absolute Gasteiger partial charge is 0.433 e. The maximum atomic E-state index is 12.4. The number of aliphatic hydroxyl groups excluding tert-OH is 1. The number of fused-ring (bicyclic) bond motifs is 4. The normalized spacial score (nSPS) is 20.9. The largest absolute Gasteiger partial charge is 0.508 e. The molecular weight excluding hydrogens is 466 g/mol. The number of anilines is 1. The number of H-pyrrole nitrogens is 1. The Labute approximate surface area is 204 Å². The lowest BCUT2D eigenvalue weighted by Gasteiger charge is -2.17. The van der Waals surface area contributed by atoms with E-state index in [0.717, 1.165) is 22.3 Å². The molecule has 0 saturated carbocycles. The molecule has 0 spiro atoms. The fraction of sp³-hybridized carbons (Fsp3) is 0.280. The summed E-state index contributed by atoms with van der Waals surface area (Å²) in [5, 5.41) is 10.5. The summed E-state index contributed by atoms with van der Waals surface area (Å²) in [6.45, 7) is -0.0661. The highest BCUT2D eigenvalue weighted by Crippen LogP contribution is 2.44. The van der Waals surface area contributed by atoms with E-state index in [0.29, 0.717) is 0 Å². The highest BCUT2D eigenvalue weighted by Gasteiger charge is 2.37. The number of hydrogen-bond acceptors (Lipinski definition) is 9. The first kappa shape index (κ1) is 22.3. The molecule has 11 heteroatoms. The first-order chi connectivity index (χ1) is 17.5. The Bertz CT molecular complexity index is 1470. The summed E-state index contributed by atoms with van der Waals surface area (Å²) in [5.41, 5.74) is 10.00. The van der Waals surface area contributed by atoms with Crippen molar-refractivity contribution in [3.8, 4) is 11.1 Å². The molecule has 0 bridgehead atoms. The number of aromatic nitrogens is 4. The van der Waals surface area contributed by atoms with Crippen molar-refractivity contribution in [1.29, 1.82) is 0 Å². The highest BCUT2D eigenvalue weighted by atomic mass is 16.7. The second kappa shape index (κ2) is 8.77. The number of nitrogens with zero attached hydrogens (tertiary/aromatic N) is 3. The maximum absolute atomic E-state index is 12.4. The summed E-state index contributed by atoms with van der Waals surface area (Å²) < 4.78 is 18.1. The monoisotopic (exact) mass is 489 g/mol. The van der Waals surface area contributed by atoms with Crippen LogP contribution >= 0.6 is 0 Å². The second-order valence-electron chi connectivity index (χ2n) is 8.81. The van der Waals surface area contributed by atoms with Crippen molar-refractivity contribution in [2.75, 3.05) is 18.9 Å². The summed E-state index contributed by atoms with van der Waals surface area (Å²) in [6.07, 6.45) is -1.60. The van der Waals surface area contributed by atoms with Gasteiger partial charge in [-0.2, -0.15) is 4.98 Å². The Morgan fingerprint density at radius 2 is 1.78 bits per heavy atom. The zero-order valence-electron chi connectivity index (χ0n) is 19.0. The van der Waals surface area contributed by atoms with Gasteiger partial charge < -0.3 is 25.1 Å². The number of aromatic amines is 1. The van der Waals surface area contributed by atoms with Crippen LogP contribution in [0.3, 0.4) is 0 Å². The number of nitrogen functional groups attached to an aromatic ring is 1. The molecule has 1 fully saturated rings. The van der Waals surface area contributed by atoms with Gasteiger partial charge in [0.05, 0.1) is 12.4 Å². The molecule has 11 nitrogen and oxygen atoms in total. The average Bonchev–Trinajstić information content (AvgIpc) is 3.55. The van der Waals surface area contributed by atoms with Gasteiger partial charge >= 0.3 is 6.16 Å². The van der Waals surface area contributed by atoms with E-state index in [1.54, 1.807) is 0 Å². The minimum Gasteiger partial charge on any atom is -0.433 e. The summed E-state index contributed by atoms with van der Waals surface area (Å²) in [6, 6.07) is 16.1. The van der Waals surface area contributed by atoms with Crippen LogP contribution in [0.15, 0.2) is 59.7 Å². The summed E-state index contributed by atoms with van der Waals surface area (Å²) in [5.74, 6) is -0.136. The van der Waals surface area contributed by atoms with Crippen LogP contribution in [-0.2, 0) is 14.2 Å². The number of aliphatic hydroxyl groups is 1. The number of carbonyl (C=O) groups excluding carboxylic acids is 1. The van der Waals surface area contributed by atoms with E-state index < -0.39 is 30.2 Å². The molecule has 0 radical (unpaired) electrons. The van der Waals surface area contributed by atoms with Gasteiger partial charge in [0.25, 0.3) is 5.56 Å². The van der Waals surface area contributed by atoms with Crippen LogP contribution in [-0.4, -0.2) is 56.2 Å². The second-order valence-corrected chi connectivity index (χ2v) is 8.81. The van der Waals surface area contributed by atoms with E-state index in [-0.39, 0.29) is 42.7 Å². The van der Waals surface area contributed by atoms with Crippen LogP contribution in [0.2, 0.25) is 0 Å². The molecule has 3 atom stereocenters. The highest BCUT2D eigenvalue weighted by molar-refractivity contribution is 5.79. The minimum atomic E-state index is -0.909. The minimum absolute atomic E-state index is 0.0528. The van der Waals surface area contributed by atoms with Gasteiger partial charge in [0.2, 0.25) is 5.95 Å². The predicted octanol–water partition coefficient (Wildman–Crippen LogP) is 2.32. The van der Waals surface area contributed by atoms with Crippen LogP contribution < -0.4 is 11.3 Å². The number of carbonyl (C=O) groups is 1. The number of imidazole rings is 1. The third kappa shape index (κ3) is 3.78. The van der Waals surface area contributed by atoms with E-state index in [2.05, 4.69) is 27.1 Å². The summed E-state index contributed by atoms with van der Waals surface area (Å²) >= 11 is 0. The van der Waals surface area contributed by atoms with Crippen LogP contribution in [0.25, 0.3) is 22.3 Å². The lowest BCUT2D eigenvalue weighted by atomic mass is 9.98. The van der Waals surface area contributed by atoms with Gasteiger partial charge in [-0.1, -0.05) is 48.5 Å². The molecular formula is C25H23N5O6. The molecule has 2 aliphatic rings. The van der Waals surface area contributed by atoms with Crippen molar-refractivity contribution in [2.24, 2.45) is 0 Å². The van der Waals surface area contributed by atoms with Gasteiger partial charge in [0.1, 0.15) is 25.5 Å². The molecule has 1 saturated heterocycles. The van der Waals surface area contributed by atoms with Crippen molar-refractivity contribution in [3.63, 3.8) is 0 Å². The number of nitrogens with one attached hydrogen (secondary N) is 1. The van der Waals surface area contributed by atoms with E-state index in [1.165, 1.54) is 10.9 Å². The third-order valence-electron chi connectivity index (χ3n) is 6.66. The lowest BCUT2D eigenvalue weighted by molar-refractivity contribution is -0.0568. The van der Waals surface area contributed by atoms with E-state index >= 15 is 0 Å². The molecule has 1 aliphatic heterocycles. The van der Waals surface area contributed by atoms with E-state index in [4.69, 9.17) is 19.9 Å². The number of nitrogens with two attached hydrogens (primary N) is 1. The fourth-order valence-electron chi connectivity index (χ4n) is 4.97. The number of rotatable bonds is 5. The molecule has 6 rings (SSSR count). The van der Waals surface area contributed by atoms with Crippen LogP contribution in [0.1, 0.15) is 29.7 Å². The number of hydrogen-bond donors (Lipinski definition) is 3. The molecule has 4 N–H and O–H groups in total. The molecule has 0 unspecified atom stereocenters. The Hall–Kier alpha value is -4.22. The van der Waals surface area contributed by atoms with Crippen molar-refractivity contribution in [1.82, 2.24) is 19.5 Å². The summed E-state index contributed by atoms with van der Waals surface area (Å²) in [4.78, 5) is 35.0. The topological polar surface area (TPSA) is 155 Å². The van der Waals surface area contributed by atoms with Crippen molar-refractivity contribution in [3.05, 3.63) is 76.3 Å². The van der Waals surface area contributed by atoms with Crippen LogP contribution in [0.4, 0.5) is 10.7 Å². The lowest BCUT2D eigenvalue weighted by Crippen LogP contribution is -2.28. The van der Waals surface area contributed by atoms with Gasteiger partial charge in [-0.05, 0) is 22.3 Å². The standard InChI is InChI=1S/C25H23N5O6/c26-24-28-22-21(23(32)29-24)27-12-30(22)20-9-18(31)19(36-20)11-35-25(33)34-10-17-15-7-3-1-5-13(15)14-6-2-4-8-16(14)17/h1-8,12,17-20,31H,9-11H2,(H3,26,28,29,32)/t18-,19+,20+/m0/s1. The molecule has 3 heterocycles. The van der Waals surface area contributed by atoms with Crippen LogP contribution in [0, 0.1) is 0 Å². The van der Waals surface area contributed by atoms with Gasteiger partial charge in [-0.3, -0.25) is 14.3 Å². The Kier molecular flexibility index (Phi) is 5.42. The van der Waals surface area contributed by atoms with Gasteiger partial charge in [0, 0.05) is 12.3 Å². The Morgan fingerprint density at radius 3 is 2.50 bits per heavy atom. The molecule has 2 aromatic carbocycles. The maximum Gasteiger partial charge on any atom is 0.508 e. The van der Waals surface area contributed by atoms with Gasteiger partial charge in [-0.25, -0.2) is 9.78 Å². The molecule has 36 heavy (non-hydrogen) atoms. The first-order valence-electron chi connectivity index (χ1n) is 11.5. The quantitative estimate of drug-likeness (QED) is 0.358. The molecule has 184 valence electrons. The van der Waals surface area contributed by atoms with Crippen LogP contribution in [0.5, 0.6) is 0 Å². The molecule has 4 aromatic rings. The fourth-order valence-corrected chi connectivity index (χ4v) is 4.97. The van der Waals surface area contributed by atoms with E-state index in [9.17, 15) is 14.7 Å². The van der Waals surface area contributed by atoms with Crippen molar-refractivity contribution >= 4 is 23.3 Å².